The van der Waals surface area contributed by atoms with Crippen molar-refractivity contribution in [3.05, 3.63) is 34.9 Å². The molecular formula is C12H17N. The van der Waals surface area contributed by atoms with Crippen LogP contribution in [0.3, 0.4) is 0 Å². The van der Waals surface area contributed by atoms with Crippen LogP contribution >= 0.6 is 0 Å². The summed E-state index contributed by atoms with van der Waals surface area (Å²) < 4.78 is 0. The van der Waals surface area contributed by atoms with Crippen LogP contribution in [0.2, 0.25) is 0 Å². The summed E-state index contributed by atoms with van der Waals surface area (Å²) in [4.78, 5) is 0. The fourth-order valence-electron chi connectivity index (χ4n) is 1.86. The molecule has 0 saturated carbocycles. The molecule has 0 spiro atoms. The van der Waals surface area contributed by atoms with Crippen LogP contribution in [-0.2, 0) is 0 Å². The molecule has 70 valence electrons. The molecule has 0 atom stereocenters. The summed E-state index contributed by atoms with van der Waals surface area (Å²) >= 11 is 0. The quantitative estimate of drug-likeness (QED) is 0.651. The van der Waals surface area contributed by atoms with Crippen molar-refractivity contribution in [2.45, 2.75) is 27.7 Å². The van der Waals surface area contributed by atoms with E-state index in [0.717, 1.165) is 22.4 Å². The van der Waals surface area contributed by atoms with Gasteiger partial charge < -0.3 is 5.73 Å². The average Bonchev–Trinajstić information content (AvgIpc) is 1.99. The first kappa shape index (κ1) is 9.85. The Hall–Kier alpha value is -1.24. The second-order valence-electron chi connectivity index (χ2n) is 3.70. The summed E-state index contributed by atoms with van der Waals surface area (Å²) in [5, 5.41) is 0. The Morgan fingerprint density at radius 2 is 1.77 bits per heavy atom. The molecule has 1 rings (SSSR count). The fraction of sp³-hybridized carbons (Fsp3) is 0.333. The lowest BCUT2D eigenvalue weighted by Gasteiger charge is -2.14. The van der Waals surface area contributed by atoms with Crippen LogP contribution in [0.1, 0.15) is 29.2 Å². The zero-order chi connectivity index (χ0) is 10.2. The van der Waals surface area contributed by atoms with E-state index in [9.17, 15) is 0 Å². The molecule has 0 aliphatic rings. The molecule has 1 aromatic carbocycles. The first-order chi connectivity index (χ1) is 5.95. The number of benzene rings is 1. The summed E-state index contributed by atoms with van der Waals surface area (Å²) in [6.07, 6.45) is 0. The fourth-order valence-corrected chi connectivity index (χ4v) is 1.86. The van der Waals surface area contributed by atoms with Gasteiger partial charge in [-0.05, 0) is 49.9 Å². The van der Waals surface area contributed by atoms with Crippen molar-refractivity contribution < 1.29 is 0 Å². The van der Waals surface area contributed by atoms with Crippen molar-refractivity contribution in [2.24, 2.45) is 0 Å². The molecule has 0 unspecified atom stereocenters. The molecule has 2 N–H and O–H groups in total. The molecule has 0 aromatic heterocycles. The lowest BCUT2D eigenvalue weighted by atomic mass is 9.94. The Bertz CT molecular complexity index is 362. The van der Waals surface area contributed by atoms with Gasteiger partial charge >= 0.3 is 0 Å². The maximum absolute atomic E-state index is 5.95. The smallest absolute Gasteiger partial charge is 0.0379 e. The molecule has 0 fully saturated rings. The summed E-state index contributed by atoms with van der Waals surface area (Å²) in [7, 11) is 0. The summed E-state index contributed by atoms with van der Waals surface area (Å²) in [5.41, 5.74) is 12.7. The van der Waals surface area contributed by atoms with Gasteiger partial charge in [-0.15, -0.1) is 0 Å². The highest BCUT2D eigenvalue weighted by Crippen LogP contribution is 2.28. The lowest BCUT2D eigenvalue weighted by molar-refractivity contribution is 1.29. The van der Waals surface area contributed by atoms with Gasteiger partial charge in [0, 0.05) is 5.69 Å². The van der Waals surface area contributed by atoms with E-state index >= 15 is 0 Å². The number of aryl methyl sites for hydroxylation is 2. The van der Waals surface area contributed by atoms with Crippen LogP contribution in [0.25, 0.3) is 5.57 Å². The van der Waals surface area contributed by atoms with E-state index in [0.29, 0.717) is 0 Å². The molecule has 0 aliphatic carbocycles. The third kappa shape index (κ3) is 1.59. The van der Waals surface area contributed by atoms with Crippen LogP contribution in [0.15, 0.2) is 12.6 Å². The molecule has 0 saturated heterocycles. The van der Waals surface area contributed by atoms with Gasteiger partial charge in [-0.3, -0.25) is 0 Å². The van der Waals surface area contributed by atoms with Gasteiger partial charge in [-0.25, -0.2) is 0 Å². The van der Waals surface area contributed by atoms with E-state index in [2.05, 4.69) is 26.5 Å². The van der Waals surface area contributed by atoms with Crippen molar-refractivity contribution in [1.29, 1.82) is 0 Å². The molecule has 1 heteroatoms. The highest BCUT2D eigenvalue weighted by molar-refractivity contribution is 5.73. The molecular weight excluding hydrogens is 158 g/mol. The zero-order valence-electron chi connectivity index (χ0n) is 8.86. The normalized spacial score (nSPS) is 10.2. The van der Waals surface area contributed by atoms with Gasteiger partial charge in [-0.2, -0.15) is 0 Å². The molecule has 13 heavy (non-hydrogen) atoms. The van der Waals surface area contributed by atoms with Gasteiger partial charge in [-0.1, -0.05) is 18.2 Å². The average molecular weight is 175 g/mol. The standard InChI is InChI=1S/C12H17N/c1-7(2)11-8(3)6-9(4)12(13)10(11)5/h6H,1,13H2,2-5H3. The minimum absolute atomic E-state index is 0.892. The predicted octanol–water partition coefficient (Wildman–Crippen LogP) is 3.23. The molecule has 1 nitrogen and oxygen atoms in total. The Balaban J connectivity index is 3.53. The number of allylic oxidation sites excluding steroid dienone is 1. The Morgan fingerprint density at radius 3 is 2.23 bits per heavy atom. The van der Waals surface area contributed by atoms with E-state index in [-0.39, 0.29) is 0 Å². The SMILES string of the molecule is C=C(C)c1c(C)cc(C)c(N)c1C. The van der Waals surface area contributed by atoms with Crippen molar-refractivity contribution in [1.82, 2.24) is 0 Å². The van der Waals surface area contributed by atoms with E-state index in [1.807, 2.05) is 13.8 Å². The summed E-state index contributed by atoms with van der Waals surface area (Å²) in [6, 6.07) is 2.12. The topological polar surface area (TPSA) is 26.0 Å². The van der Waals surface area contributed by atoms with Gasteiger partial charge in [0.2, 0.25) is 0 Å². The van der Waals surface area contributed by atoms with Crippen molar-refractivity contribution in [2.75, 3.05) is 5.73 Å². The van der Waals surface area contributed by atoms with Crippen LogP contribution in [0.5, 0.6) is 0 Å². The number of nitrogen functional groups attached to an aromatic ring is 1. The maximum atomic E-state index is 5.95. The van der Waals surface area contributed by atoms with Gasteiger partial charge in [0.05, 0.1) is 0 Å². The second kappa shape index (κ2) is 3.25. The third-order valence-corrected chi connectivity index (χ3v) is 2.46. The van der Waals surface area contributed by atoms with Gasteiger partial charge in [0.1, 0.15) is 0 Å². The Morgan fingerprint density at radius 1 is 1.23 bits per heavy atom. The van der Waals surface area contributed by atoms with Crippen molar-refractivity contribution in [3.63, 3.8) is 0 Å². The zero-order valence-corrected chi connectivity index (χ0v) is 8.86. The van der Waals surface area contributed by atoms with Crippen LogP contribution in [0, 0.1) is 20.8 Å². The molecule has 1 aromatic rings. The van der Waals surface area contributed by atoms with E-state index in [1.54, 1.807) is 0 Å². The first-order valence-corrected chi connectivity index (χ1v) is 4.47. The number of hydrogen-bond acceptors (Lipinski definition) is 1. The lowest BCUT2D eigenvalue weighted by Crippen LogP contribution is -1.99. The maximum Gasteiger partial charge on any atom is 0.0379 e. The van der Waals surface area contributed by atoms with Crippen molar-refractivity contribution >= 4 is 11.3 Å². The highest BCUT2D eigenvalue weighted by atomic mass is 14.6. The summed E-state index contributed by atoms with van der Waals surface area (Å²) in [6.45, 7) is 12.2. The Kier molecular flexibility index (Phi) is 2.46. The summed E-state index contributed by atoms with van der Waals surface area (Å²) in [5.74, 6) is 0. The predicted molar refractivity (Wildman–Crippen MR) is 59.8 cm³/mol. The molecule has 0 radical (unpaired) electrons. The highest BCUT2D eigenvalue weighted by Gasteiger charge is 2.08. The van der Waals surface area contributed by atoms with E-state index in [1.165, 1.54) is 11.1 Å². The van der Waals surface area contributed by atoms with E-state index < -0.39 is 0 Å². The Labute approximate surface area is 80.3 Å². The second-order valence-corrected chi connectivity index (χ2v) is 3.70. The largest absolute Gasteiger partial charge is 0.398 e. The van der Waals surface area contributed by atoms with E-state index in [4.69, 9.17) is 5.73 Å². The molecule has 0 heterocycles. The third-order valence-electron chi connectivity index (χ3n) is 2.46. The number of anilines is 1. The number of rotatable bonds is 1. The van der Waals surface area contributed by atoms with Gasteiger partial charge in [0.15, 0.2) is 0 Å². The first-order valence-electron chi connectivity index (χ1n) is 4.47. The van der Waals surface area contributed by atoms with Crippen LogP contribution in [0.4, 0.5) is 5.69 Å². The monoisotopic (exact) mass is 175 g/mol. The number of hydrogen-bond donors (Lipinski definition) is 1. The molecule has 0 aliphatic heterocycles. The van der Waals surface area contributed by atoms with Crippen LogP contribution in [-0.4, -0.2) is 0 Å². The van der Waals surface area contributed by atoms with Gasteiger partial charge in [0.25, 0.3) is 0 Å². The minimum Gasteiger partial charge on any atom is -0.398 e. The number of nitrogens with two attached hydrogens (primary N) is 1. The van der Waals surface area contributed by atoms with Crippen LogP contribution < -0.4 is 5.73 Å². The minimum atomic E-state index is 0.892. The molecule has 0 amide bonds. The molecule has 0 bridgehead atoms. The van der Waals surface area contributed by atoms with Crippen molar-refractivity contribution in [3.8, 4) is 0 Å².